The first kappa shape index (κ1) is 16.1. The number of rotatable bonds is 6. The molecule has 0 spiro atoms. The molecule has 4 nitrogen and oxygen atoms in total. The summed E-state index contributed by atoms with van der Waals surface area (Å²) in [5.74, 6) is 0.908. The summed E-state index contributed by atoms with van der Waals surface area (Å²) in [4.78, 5) is 0. The van der Waals surface area contributed by atoms with Gasteiger partial charge in [0.2, 0.25) is 5.88 Å². The van der Waals surface area contributed by atoms with Gasteiger partial charge in [0.1, 0.15) is 6.61 Å². The second kappa shape index (κ2) is 7.64. The average molecular weight is 313 g/mol. The fraction of sp³-hybridized carbons (Fsp3) is 0.526. The number of benzene rings is 1. The molecule has 1 N–H and O–H groups in total. The molecule has 0 saturated heterocycles. The Morgan fingerprint density at radius 1 is 1.22 bits per heavy atom. The standard InChI is InChI=1S/C19H27N3O/c1-15-8-6-7-9-16(15)14-23-19-12-17(13-20-2)21-22(19)18-10-4-3-5-11-18/h6-9,12,18,20H,3-5,10-11,13-14H2,1-2H3. The maximum absolute atomic E-state index is 6.16. The van der Waals surface area contributed by atoms with Crippen LogP contribution in [0.3, 0.4) is 0 Å². The van der Waals surface area contributed by atoms with Gasteiger partial charge in [0.05, 0.1) is 11.7 Å². The van der Waals surface area contributed by atoms with Crippen LogP contribution >= 0.6 is 0 Å². The Bertz CT molecular complexity index is 629. The van der Waals surface area contributed by atoms with E-state index in [4.69, 9.17) is 9.84 Å². The monoisotopic (exact) mass is 313 g/mol. The molecule has 0 aliphatic heterocycles. The van der Waals surface area contributed by atoms with Gasteiger partial charge in [-0.3, -0.25) is 0 Å². The van der Waals surface area contributed by atoms with Crippen molar-refractivity contribution in [1.82, 2.24) is 15.1 Å². The van der Waals surface area contributed by atoms with Crippen LogP contribution in [-0.2, 0) is 13.2 Å². The number of nitrogens with zero attached hydrogens (tertiary/aromatic N) is 2. The minimum atomic E-state index is 0.487. The highest BCUT2D eigenvalue weighted by atomic mass is 16.5. The first-order valence-electron chi connectivity index (χ1n) is 8.68. The lowest BCUT2D eigenvalue weighted by atomic mass is 9.96. The summed E-state index contributed by atoms with van der Waals surface area (Å²) in [6, 6.07) is 11.0. The number of aryl methyl sites for hydroxylation is 1. The predicted octanol–water partition coefficient (Wildman–Crippen LogP) is 4.00. The van der Waals surface area contributed by atoms with Gasteiger partial charge < -0.3 is 10.1 Å². The van der Waals surface area contributed by atoms with Crippen molar-refractivity contribution in [3.05, 3.63) is 47.2 Å². The summed E-state index contributed by atoms with van der Waals surface area (Å²) in [5.41, 5.74) is 3.56. The van der Waals surface area contributed by atoms with Gasteiger partial charge in [-0.2, -0.15) is 5.10 Å². The van der Waals surface area contributed by atoms with Gasteiger partial charge >= 0.3 is 0 Å². The Kier molecular flexibility index (Phi) is 5.34. The fourth-order valence-electron chi connectivity index (χ4n) is 3.31. The second-order valence-corrected chi connectivity index (χ2v) is 6.46. The van der Waals surface area contributed by atoms with Crippen molar-refractivity contribution in [1.29, 1.82) is 0 Å². The van der Waals surface area contributed by atoms with E-state index in [9.17, 15) is 0 Å². The Morgan fingerprint density at radius 2 is 2.00 bits per heavy atom. The largest absolute Gasteiger partial charge is 0.473 e. The zero-order valence-electron chi connectivity index (χ0n) is 14.2. The highest BCUT2D eigenvalue weighted by Gasteiger charge is 2.20. The molecule has 0 radical (unpaired) electrons. The molecule has 1 heterocycles. The predicted molar refractivity (Wildman–Crippen MR) is 92.6 cm³/mol. The highest BCUT2D eigenvalue weighted by molar-refractivity contribution is 5.26. The third-order valence-electron chi connectivity index (χ3n) is 4.67. The van der Waals surface area contributed by atoms with Crippen LogP contribution in [0.15, 0.2) is 30.3 Å². The van der Waals surface area contributed by atoms with Crippen LogP contribution in [0.2, 0.25) is 0 Å². The van der Waals surface area contributed by atoms with Crippen molar-refractivity contribution >= 4 is 0 Å². The van der Waals surface area contributed by atoms with Gasteiger partial charge in [-0.1, -0.05) is 43.5 Å². The van der Waals surface area contributed by atoms with Crippen LogP contribution in [0.5, 0.6) is 5.88 Å². The molecule has 2 aromatic rings. The normalized spacial score (nSPS) is 15.7. The molecule has 124 valence electrons. The van der Waals surface area contributed by atoms with E-state index < -0.39 is 0 Å². The summed E-state index contributed by atoms with van der Waals surface area (Å²) in [5, 5.41) is 7.97. The van der Waals surface area contributed by atoms with Crippen molar-refractivity contribution < 1.29 is 4.74 Å². The average Bonchev–Trinajstić information content (AvgIpc) is 2.98. The molecular weight excluding hydrogens is 286 g/mol. The third-order valence-corrected chi connectivity index (χ3v) is 4.67. The number of hydrogen-bond donors (Lipinski definition) is 1. The van der Waals surface area contributed by atoms with Crippen molar-refractivity contribution in [3.8, 4) is 5.88 Å². The molecule has 3 rings (SSSR count). The minimum Gasteiger partial charge on any atom is -0.473 e. The van der Waals surface area contributed by atoms with E-state index in [2.05, 4.69) is 47.3 Å². The SMILES string of the molecule is CNCc1cc(OCc2ccccc2C)n(C2CCCCC2)n1. The van der Waals surface area contributed by atoms with Crippen LogP contribution in [0.4, 0.5) is 0 Å². The molecule has 0 amide bonds. The quantitative estimate of drug-likeness (QED) is 0.876. The van der Waals surface area contributed by atoms with Gasteiger partial charge in [0.15, 0.2) is 0 Å². The van der Waals surface area contributed by atoms with Crippen molar-refractivity contribution in [2.75, 3.05) is 7.05 Å². The summed E-state index contributed by atoms with van der Waals surface area (Å²) < 4.78 is 8.29. The second-order valence-electron chi connectivity index (χ2n) is 6.46. The van der Waals surface area contributed by atoms with Crippen molar-refractivity contribution in [2.45, 2.75) is 58.2 Å². The molecule has 0 atom stereocenters. The highest BCUT2D eigenvalue weighted by Crippen LogP contribution is 2.32. The smallest absolute Gasteiger partial charge is 0.212 e. The number of aromatic nitrogens is 2. The topological polar surface area (TPSA) is 39.1 Å². The van der Waals surface area contributed by atoms with Gasteiger partial charge in [0, 0.05) is 12.6 Å². The molecule has 4 heteroatoms. The number of nitrogens with one attached hydrogen (secondary N) is 1. The molecular formula is C19H27N3O. The lowest BCUT2D eigenvalue weighted by Gasteiger charge is -2.23. The lowest BCUT2D eigenvalue weighted by Crippen LogP contribution is -2.16. The van der Waals surface area contributed by atoms with E-state index >= 15 is 0 Å². The summed E-state index contributed by atoms with van der Waals surface area (Å²) in [6.07, 6.45) is 6.36. The maximum atomic E-state index is 6.16. The molecule has 0 unspecified atom stereocenters. The van der Waals surface area contributed by atoms with Gasteiger partial charge in [0.25, 0.3) is 0 Å². The van der Waals surface area contributed by atoms with Crippen LogP contribution in [0.25, 0.3) is 0 Å². The minimum absolute atomic E-state index is 0.487. The van der Waals surface area contributed by atoms with Crippen molar-refractivity contribution in [3.63, 3.8) is 0 Å². The molecule has 1 aliphatic carbocycles. The van der Waals surface area contributed by atoms with Crippen molar-refractivity contribution in [2.24, 2.45) is 0 Å². The third kappa shape index (κ3) is 3.94. The van der Waals surface area contributed by atoms with E-state index in [0.717, 1.165) is 18.1 Å². The molecule has 1 aromatic heterocycles. The summed E-state index contributed by atoms with van der Waals surface area (Å²) in [6.45, 7) is 3.51. The van der Waals surface area contributed by atoms with Gasteiger partial charge in [-0.15, -0.1) is 0 Å². The first-order chi connectivity index (χ1) is 11.3. The molecule has 1 fully saturated rings. The fourth-order valence-corrected chi connectivity index (χ4v) is 3.31. The van der Waals surface area contributed by atoms with Gasteiger partial charge in [-0.05, 0) is 37.9 Å². The Morgan fingerprint density at radius 3 is 2.74 bits per heavy atom. The molecule has 1 aromatic carbocycles. The Hall–Kier alpha value is -1.81. The van der Waals surface area contributed by atoms with Gasteiger partial charge in [-0.25, -0.2) is 4.68 Å². The van der Waals surface area contributed by atoms with E-state index in [1.54, 1.807) is 0 Å². The zero-order chi connectivity index (χ0) is 16.1. The molecule has 1 saturated carbocycles. The van der Waals surface area contributed by atoms with E-state index in [0.29, 0.717) is 12.6 Å². The molecule has 23 heavy (non-hydrogen) atoms. The Balaban J connectivity index is 1.77. The lowest BCUT2D eigenvalue weighted by molar-refractivity contribution is 0.237. The van der Waals surface area contributed by atoms with Crippen LogP contribution in [0, 0.1) is 6.92 Å². The number of hydrogen-bond acceptors (Lipinski definition) is 3. The van der Waals surface area contributed by atoms with E-state index in [-0.39, 0.29) is 0 Å². The first-order valence-corrected chi connectivity index (χ1v) is 8.68. The van der Waals surface area contributed by atoms with Crippen LogP contribution in [0.1, 0.15) is 55.0 Å². The number of ether oxygens (including phenoxy) is 1. The Labute approximate surface area is 138 Å². The zero-order valence-corrected chi connectivity index (χ0v) is 14.2. The van der Waals surface area contributed by atoms with Crippen LogP contribution < -0.4 is 10.1 Å². The summed E-state index contributed by atoms with van der Waals surface area (Å²) >= 11 is 0. The maximum Gasteiger partial charge on any atom is 0.212 e. The van der Waals surface area contributed by atoms with E-state index in [1.165, 1.54) is 43.2 Å². The molecule has 1 aliphatic rings. The van der Waals surface area contributed by atoms with Crippen LogP contribution in [-0.4, -0.2) is 16.8 Å². The van der Waals surface area contributed by atoms with E-state index in [1.807, 2.05) is 7.05 Å². The summed E-state index contributed by atoms with van der Waals surface area (Å²) in [7, 11) is 1.95. The molecule has 0 bridgehead atoms.